The molecular formula is C10H9F3O. The SMILES string of the molecule is CC(O)/C=C/c1cc(F)c(F)c(F)c1. The molecule has 1 N–H and O–H groups in total. The molecule has 0 amide bonds. The number of aliphatic hydroxyl groups is 1. The Labute approximate surface area is 79.5 Å². The number of aliphatic hydroxyl groups excluding tert-OH is 1. The molecule has 1 aromatic carbocycles. The van der Waals surface area contributed by atoms with Gasteiger partial charge in [0.15, 0.2) is 17.5 Å². The monoisotopic (exact) mass is 202 g/mol. The molecule has 0 aromatic heterocycles. The molecular weight excluding hydrogens is 193 g/mol. The number of rotatable bonds is 2. The van der Waals surface area contributed by atoms with Crippen LogP contribution in [0.25, 0.3) is 6.08 Å². The molecule has 1 rings (SSSR count). The van der Waals surface area contributed by atoms with E-state index in [0.29, 0.717) is 0 Å². The first kappa shape index (κ1) is 10.8. The lowest BCUT2D eigenvalue weighted by Crippen LogP contribution is -1.94. The van der Waals surface area contributed by atoms with Crippen LogP contribution < -0.4 is 0 Å². The van der Waals surface area contributed by atoms with E-state index in [2.05, 4.69) is 0 Å². The lowest BCUT2D eigenvalue weighted by molar-refractivity contribution is 0.245. The highest BCUT2D eigenvalue weighted by Gasteiger charge is 2.08. The molecule has 0 bridgehead atoms. The Balaban J connectivity index is 3.01. The second-order valence-corrected chi connectivity index (χ2v) is 2.90. The van der Waals surface area contributed by atoms with Gasteiger partial charge >= 0.3 is 0 Å². The minimum atomic E-state index is -1.49. The lowest BCUT2D eigenvalue weighted by atomic mass is 10.2. The maximum absolute atomic E-state index is 12.7. The first-order valence-corrected chi connectivity index (χ1v) is 4.01. The van der Waals surface area contributed by atoms with Gasteiger partial charge in [0.2, 0.25) is 0 Å². The molecule has 0 aliphatic heterocycles. The van der Waals surface area contributed by atoms with Crippen molar-refractivity contribution in [1.82, 2.24) is 0 Å². The fourth-order valence-electron chi connectivity index (χ4n) is 0.922. The maximum Gasteiger partial charge on any atom is 0.194 e. The van der Waals surface area contributed by atoms with Crippen molar-refractivity contribution in [2.75, 3.05) is 0 Å². The first-order chi connectivity index (χ1) is 6.50. The average molecular weight is 202 g/mol. The van der Waals surface area contributed by atoms with E-state index >= 15 is 0 Å². The Bertz CT molecular complexity index is 335. The summed E-state index contributed by atoms with van der Waals surface area (Å²) in [6.07, 6.45) is 1.94. The van der Waals surface area contributed by atoms with Gasteiger partial charge in [-0.05, 0) is 24.6 Å². The second kappa shape index (κ2) is 4.28. The van der Waals surface area contributed by atoms with Crippen molar-refractivity contribution in [1.29, 1.82) is 0 Å². The minimum Gasteiger partial charge on any atom is -0.389 e. The van der Waals surface area contributed by atoms with Gasteiger partial charge in [-0.15, -0.1) is 0 Å². The molecule has 0 saturated carbocycles. The smallest absolute Gasteiger partial charge is 0.194 e. The van der Waals surface area contributed by atoms with Crippen LogP contribution in [-0.4, -0.2) is 11.2 Å². The minimum absolute atomic E-state index is 0.169. The van der Waals surface area contributed by atoms with Crippen molar-refractivity contribution in [2.45, 2.75) is 13.0 Å². The second-order valence-electron chi connectivity index (χ2n) is 2.90. The quantitative estimate of drug-likeness (QED) is 0.730. The summed E-state index contributed by atoms with van der Waals surface area (Å²) >= 11 is 0. The van der Waals surface area contributed by atoms with Gasteiger partial charge in [-0.3, -0.25) is 0 Å². The van der Waals surface area contributed by atoms with E-state index in [9.17, 15) is 13.2 Å². The predicted molar refractivity (Wildman–Crippen MR) is 47.0 cm³/mol. The highest BCUT2D eigenvalue weighted by Crippen LogP contribution is 2.14. The average Bonchev–Trinajstić information content (AvgIpc) is 2.10. The molecule has 76 valence electrons. The molecule has 0 saturated heterocycles. The number of benzene rings is 1. The van der Waals surface area contributed by atoms with Gasteiger partial charge in [0.05, 0.1) is 6.10 Å². The number of halogens is 3. The fourth-order valence-corrected chi connectivity index (χ4v) is 0.922. The van der Waals surface area contributed by atoms with Gasteiger partial charge in [-0.1, -0.05) is 12.2 Å². The normalized spacial score (nSPS) is 13.5. The molecule has 1 aromatic rings. The molecule has 0 aliphatic rings. The summed E-state index contributed by atoms with van der Waals surface area (Å²) in [6.45, 7) is 1.49. The largest absolute Gasteiger partial charge is 0.389 e. The van der Waals surface area contributed by atoms with E-state index < -0.39 is 23.6 Å². The van der Waals surface area contributed by atoms with E-state index in [1.165, 1.54) is 19.1 Å². The van der Waals surface area contributed by atoms with Crippen molar-refractivity contribution in [3.63, 3.8) is 0 Å². The maximum atomic E-state index is 12.7. The Morgan fingerprint density at radius 2 is 1.71 bits per heavy atom. The third-order valence-electron chi connectivity index (χ3n) is 1.57. The molecule has 0 heterocycles. The van der Waals surface area contributed by atoms with Gasteiger partial charge in [-0.2, -0.15) is 0 Å². The lowest BCUT2D eigenvalue weighted by Gasteiger charge is -1.98. The molecule has 0 fully saturated rings. The number of hydrogen-bond donors (Lipinski definition) is 1. The zero-order valence-corrected chi connectivity index (χ0v) is 7.47. The summed E-state index contributed by atoms with van der Waals surface area (Å²) in [6, 6.07) is 1.72. The van der Waals surface area contributed by atoms with Crippen LogP contribution in [0.3, 0.4) is 0 Å². The van der Waals surface area contributed by atoms with Gasteiger partial charge in [-0.25, -0.2) is 13.2 Å². The highest BCUT2D eigenvalue weighted by atomic mass is 19.2. The summed E-state index contributed by atoms with van der Waals surface area (Å²) in [5.74, 6) is -3.97. The van der Waals surface area contributed by atoms with Crippen molar-refractivity contribution < 1.29 is 18.3 Å². The van der Waals surface area contributed by atoms with Crippen LogP contribution in [0.15, 0.2) is 18.2 Å². The molecule has 1 atom stereocenters. The van der Waals surface area contributed by atoms with Crippen LogP contribution in [0.5, 0.6) is 0 Å². The van der Waals surface area contributed by atoms with Crippen molar-refractivity contribution in [3.05, 3.63) is 41.2 Å². The Hall–Kier alpha value is -1.29. The van der Waals surface area contributed by atoms with Crippen LogP contribution >= 0.6 is 0 Å². The van der Waals surface area contributed by atoms with Crippen molar-refractivity contribution in [2.24, 2.45) is 0 Å². The molecule has 0 aliphatic carbocycles. The molecule has 0 radical (unpaired) electrons. The van der Waals surface area contributed by atoms with Crippen LogP contribution in [0.2, 0.25) is 0 Å². The Kier molecular flexibility index (Phi) is 3.30. The summed E-state index contributed by atoms with van der Waals surface area (Å²) < 4.78 is 37.8. The van der Waals surface area contributed by atoms with Gasteiger partial charge in [0.25, 0.3) is 0 Å². The van der Waals surface area contributed by atoms with Crippen molar-refractivity contribution >= 4 is 6.08 Å². The highest BCUT2D eigenvalue weighted by molar-refractivity contribution is 5.49. The van der Waals surface area contributed by atoms with Crippen LogP contribution in [0, 0.1) is 17.5 Å². The molecule has 1 nitrogen and oxygen atoms in total. The Morgan fingerprint density at radius 3 is 2.14 bits per heavy atom. The number of hydrogen-bond acceptors (Lipinski definition) is 1. The zero-order valence-electron chi connectivity index (χ0n) is 7.47. The van der Waals surface area contributed by atoms with Crippen LogP contribution in [0.4, 0.5) is 13.2 Å². The van der Waals surface area contributed by atoms with Gasteiger partial charge < -0.3 is 5.11 Å². The van der Waals surface area contributed by atoms with E-state index in [-0.39, 0.29) is 5.56 Å². The zero-order chi connectivity index (χ0) is 10.7. The molecule has 1 unspecified atom stereocenters. The van der Waals surface area contributed by atoms with E-state index in [1.807, 2.05) is 0 Å². The fraction of sp³-hybridized carbons (Fsp3) is 0.200. The Morgan fingerprint density at radius 1 is 1.21 bits per heavy atom. The topological polar surface area (TPSA) is 20.2 Å². The third kappa shape index (κ3) is 2.60. The molecule has 14 heavy (non-hydrogen) atoms. The third-order valence-corrected chi connectivity index (χ3v) is 1.57. The first-order valence-electron chi connectivity index (χ1n) is 4.01. The van der Waals surface area contributed by atoms with E-state index in [1.54, 1.807) is 0 Å². The van der Waals surface area contributed by atoms with Gasteiger partial charge in [0, 0.05) is 0 Å². The summed E-state index contributed by atoms with van der Waals surface area (Å²) in [4.78, 5) is 0. The standard InChI is InChI=1S/C10H9F3O/c1-6(14)2-3-7-4-8(11)10(13)9(12)5-7/h2-6,14H,1H3/b3-2+. The summed E-state index contributed by atoms with van der Waals surface area (Å²) in [5, 5.41) is 8.86. The molecule has 0 spiro atoms. The van der Waals surface area contributed by atoms with E-state index in [0.717, 1.165) is 12.1 Å². The van der Waals surface area contributed by atoms with E-state index in [4.69, 9.17) is 5.11 Å². The van der Waals surface area contributed by atoms with Crippen molar-refractivity contribution in [3.8, 4) is 0 Å². The predicted octanol–water partition coefficient (Wildman–Crippen LogP) is 2.50. The van der Waals surface area contributed by atoms with Crippen LogP contribution in [0.1, 0.15) is 12.5 Å². The molecule has 4 heteroatoms. The summed E-state index contributed by atoms with van der Waals surface area (Å²) in [7, 11) is 0. The van der Waals surface area contributed by atoms with Gasteiger partial charge in [0.1, 0.15) is 0 Å². The van der Waals surface area contributed by atoms with Crippen LogP contribution in [-0.2, 0) is 0 Å². The summed E-state index contributed by atoms with van der Waals surface area (Å²) in [5.41, 5.74) is 0.169.